The van der Waals surface area contributed by atoms with Crippen molar-refractivity contribution in [2.75, 3.05) is 20.2 Å². The summed E-state index contributed by atoms with van der Waals surface area (Å²) in [7, 11) is 1.73. The van der Waals surface area contributed by atoms with E-state index >= 15 is 0 Å². The van der Waals surface area contributed by atoms with Gasteiger partial charge in [-0.25, -0.2) is 0 Å². The minimum Gasteiger partial charge on any atom is -0.394 e. The number of hydrogen-bond donors (Lipinski definition) is 3. The maximum atomic E-state index is 13.0. The minimum atomic E-state index is -4.61. The van der Waals surface area contributed by atoms with Gasteiger partial charge >= 0.3 is 6.18 Å². The molecule has 180 valence electrons. The first-order valence-corrected chi connectivity index (χ1v) is 10.6. The van der Waals surface area contributed by atoms with Crippen molar-refractivity contribution in [1.82, 2.24) is 14.5 Å². The fourth-order valence-electron chi connectivity index (χ4n) is 4.07. The van der Waals surface area contributed by atoms with Crippen molar-refractivity contribution in [1.29, 1.82) is 0 Å². The van der Waals surface area contributed by atoms with E-state index < -0.39 is 30.4 Å². The van der Waals surface area contributed by atoms with Gasteiger partial charge in [-0.3, -0.25) is 9.59 Å². The molecule has 11 heteroatoms. The van der Waals surface area contributed by atoms with Crippen LogP contribution in [0.4, 0.5) is 13.2 Å². The lowest BCUT2D eigenvalue weighted by molar-refractivity contribution is -0.137. The molecular formula is C23H23F3N4O4. The first kappa shape index (κ1) is 23.7. The molecule has 0 saturated carbocycles. The number of likely N-dealkylation sites (tertiary alicyclic amines) is 1. The van der Waals surface area contributed by atoms with Crippen molar-refractivity contribution < 1.29 is 33.0 Å². The van der Waals surface area contributed by atoms with Crippen LogP contribution < -0.4 is 5.62 Å². The number of H-pyrrole nitrogens is 1. The van der Waals surface area contributed by atoms with E-state index in [0.717, 1.165) is 23.8 Å². The van der Waals surface area contributed by atoms with Crippen LogP contribution in [-0.2, 0) is 17.5 Å². The number of halogens is 3. The Labute approximate surface area is 192 Å². The predicted molar refractivity (Wildman–Crippen MR) is 116 cm³/mol. The van der Waals surface area contributed by atoms with Crippen LogP contribution in [0.15, 0.2) is 47.5 Å². The minimum absolute atomic E-state index is 0.000814. The number of alkyl halides is 3. The largest absolute Gasteiger partial charge is 0.416 e. The van der Waals surface area contributed by atoms with Crippen LogP contribution >= 0.6 is 0 Å². The van der Waals surface area contributed by atoms with Crippen LogP contribution in [0.5, 0.6) is 0 Å². The normalized spacial score (nSPS) is 18.2. The number of aromatic amines is 1. The first-order valence-electron chi connectivity index (χ1n) is 10.6. The molecule has 1 saturated heterocycles. The third kappa shape index (κ3) is 4.62. The van der Waals surface area contributed by atoms with Gasteiger partial charge in [0.1, 0.15) is 0 Å². The number of nitrogens with zero attached hydrogens (tertiary/aromatic N) is 3. The molecule has 4 rings (SSSR count). The average Bonchev–Trinajstić information content (AvgIpc) is 3.31. The molecule has 0 bridgehead atoms. The van der Waals surface area contributed by atoms with Crippen LogP contribution in [0.2, 0.25) is 0 Å². The number of aliphatic hydroxyl groups is 2. The highest BCUT2D eigenvalue weighted by Gasteiger charge is 2.31. The summed E-state index contributed by atoms with van der Waals surface area (Å²) in [6.07, 6.45) is -5.10. The number of carbonyl (C=O) groups is 2. The van der Waals surface area contributed by atoms with E-state index in [9.17, 15) is 33.0 Å². The van der Waals surface area contributed by atoms with Gasteiger partial charge in [-0.05, 0) is 42.3 Å². The van der Waals surface area contributed by atoms with Gasteiger partial charge in [0.25, 0.3) is 5.91 Å². The highest BCUT2D eigenvalue weighted by Crippen LogP contribution is 2.30. The summed E-state index contributed by atoms with van der Waals surface area (Å²) < 4.78 is 40.6. The van der Waals surface area contributed by atoms with E-state index in [1.54, 1.807) is 30.1 Å². The van der Waals surface area contributed by atoms with E-state index in [1.165, 1.54) is 10.6 Å². The standard InChI is InChI=1S/C23H23F3N4O4/c1-29-8-7-17(21(29)34)13-5-6-19-18(10-13)27-22(30(19)11-16(32)12-31)28-20(33)14-3-2-4-15(9-14)23(24,25)26/h2-6,9-10,16-17,31-32H,7-8,11-12H2,1H3,(H,27,28,33)/t16?,17-/m0/s1. The Morgan fingerprint density at radius 2 is 2.03 bits per heavy atom. The zero-order valence-electron chi connectivity index (χ0n) is 18.2. The topological polar surface area (TPSA) is 111 Å². The van der Waals surface area contributed by atoms with Crippen molar-refractivity contribution >= 4 is 22.8 Å². The number of likely N-dealkylation sites (N-methyl/N-ethyl adjacent to an activating group) is 1. The van der Waals surface area contributed by atoms with Crippen molar-refractivity contribution in [3.8, 4) is 0 Å². The fraction of sp³-hybridized carbons (Fsp3) is 0.348. The number of amides is 2. The summed E-state index contributed by atoms with van der Waals surface area (Å²) in [5.74, 6) is -1.21. The molecule has 2 aromatic carbocycles. The summed E-state index contributed by atoms with van der Waals surface area (Å²) in [6.45, 7) is -0.0155. The zero-order valence-corrected chi connectivity index (χ0v) is 18.2. The molecule has 0 spiro atoms. The molecule has 2 amide bonds. The second-order valence-corrected chi connectivity index (χ2v) is 8.27. The van der Waals surface area contributed by atoms with Crippen molar-refractivity contribution in [2.24, 2.45) is 4.99 Å². The molecule has 3 N–H and O–H groups in total. The third-order valence-corrected chi connectivity index (χ3v) is 5.89. The van der Waals surface area contributed by atoms with Crippen LogP contribution in [0, 0.1) is 0 Å². The average molecular weight is 476 g/mol. The Morgan fingerprint density at radius 1 is 1.26 bits per heavy atom. The molecule has 2 atom stereocenters. The molecular weight excluding hydrogens is 453 g/mol. The van der Waals surface area contributed by atoms with Crippen molar-refractivity contribution in [3.05, 3.63) is 64.8 Å². The van der Waals surface area contributed by atoms with Crippen molar-refractivity contribution in [3.63, 3.8) is 0 Å². The summed E-state index contributed by atoms with van der Waals surface area (Å²) >= 11 is 0. The monoisotopic (exact) mass is 476 g/mol. The molecule has 3 aromatic rings. The summed E-state index contributed by atoms with van der Waals surface area (Å²) in [5.41, 5.74) is 0.629. The van der Waals surface area contributed by atoms with Gasteiger partial charge < -0.3 is 24.7 Å². The van der Waals surface area contributed by atoms with E-state index in [-0.39, 0.29) is 29.6 Å². The Kier molecular flexibility index (Phi) is 6.32. The zero-order chi connectivity index (χ0) is 24.6. The Morgan fingerprint density at radius 3 is 2.68 bits per heavy atom. The van der Waals surface area contributed by atoms with Gasteiger partial charge in [-0.1, -0.05) is 12.1 Å². The molecule has 1 aliphatic rings. The maximum Gasteiger partial charge on any atom is 0.416 e. The number of carbonyl (C=O) groups excluding carboxylic acids is 2. The Balaban J connectivity index is 1.79. The fourth-order valence-corrected chi connectivity index (χ4v) is 4.07. The molecule has 34 heavy (non-hydrogen) atoms. The lowest BCUT2D eigenvalue weighted by atomic mass is 9.97. The maximum absolute atomic E-state index is 13.0. The van der Waals surface area contributed by atoms with Gasteiger partial charge in [-0.2, -0.15) is 18.2 Å². The lowest BCUT2D eigenvalue weighted by Gasteiger charge is -2.12. The summed E-state index contributed by atoms with van der Waals surface area (Å²) in [5, 5.41) is 19.3. The molecule has 8 nitrogen and oxygen atoms in total. The Bertz CT molecular complexity index is 1310. The Hall–Kier alpha value is -3.44. The molecule has 1 fully saturated rings. The number of rotatable bonds is 5. The highest BCUT2D eigenvalue weighted by molar-refractivity contribution is 5.95. The predicted octanol–water partition coefficient (Wildman–Crippen LogP) is 2.03. The van der Waals surface area contributed by atoms with Crippen LogP contribution in [0.25, 0.3) is 11.0 Å². The van der Waals surface area contributed by atoms with E-state index in [0.29, 0.717) is 24.0 Å². The number of benzene rings is 2. The van der Waals surface area contributed by atoms with Crippen LogP contribution in [0.1, 0.15) is 33.8 Å². The van der Waals surface area contributed by atoms with Gasteiger partial charge in [0, 0.05) is 19.2 Å². The molecule has 1 aliphatic heterocycles. The summed E-state index contributed by atoms with van der Waals surface area (Å²) in [6, 6.07) is 9.19. The van der Waals surface area contributed by atoms with E-state index in [1.807, 2.05) is 0 Å². The third-order valence-electron chi connectivity index (χ3n) is 5.89. The smallest absolute Gasteiger partial charge is 0.394 e. The molecule has 1 unspecified atom stereocenters. The van der Waals surface area contributed by atoms with Gasteiger partial charge in [0.05, 0.1) is 41.8 Å². The SMILES string of the molecule is CN1CC[C@@H](c2ccc3c(c2)[nH]/c(=N\C(=O)c2cccc(C(F)(F)F)c2)n3CC(O)CO)C1=O. The van der Waals surface area contributed by atoms with Crippen LogP contribution in [-0.4, -0.2) is 62.8 Å². The second kappa shape index (κ2) is 9.07. The second-order valence-electron chi connectivity index (χ2n) is 8.27. The number of hydrogen-bond acceptors (Lipinski definition) is 4. The van der Waals surface area contributed by atoms with Crippen LogP contribution in [0.3, 0.4) is 0 Å². The number of nitrogens with one attached hydrogen (secondary N) is 1. The van der Waals surface area contributed by atoms with Gasteiger partial charge in [0.15, 0.2) is 0 Å². The van der Waals surface area contributed by atoms with E-state index in [4.69, 9.17) is 0 Å². The number of fused-ring (bicyclic) bond motifs is 1. The van der Waals surface area contributed by atoms with E-state index in [2.05, 4.69) is 9.98 Å². The summed E-state index contributed by atoms with van der Waals surface area (Å²) in [4.78, 5) is 33.7. The van der Waals surface area contributed by atoms with Gasteiger partial charge in [0.2, 0.25) is 11.5 Å². The lowest BCUT2D eigenvalue weighted by Crippen LogP contribution is -2.28. The van der Waals surface area contributed by atoms with Gasteiger partial charge in [-0.15, -0.1) is 0 Å². The molecule has 0 aliphatic carbocycles. The number of aromatic nitrogens is 2. The highest BCUT2D eigenvalue weighted by atomic mass is 19.4. The quantitative estimate of drug-likeness (QED) is 0.523. The molecule has 2 heterocycles. The van der Waals surface area contributed by atoms with Crippen molar-refractivity contribution in [2.45, 2.75) is 31.2 Å². The first-order chi connectivity index (χ1) is 16.1. The number of aliphatic hydroxyl groups excluding tert-OH is 2. The number of imidazole rings is 1. The molecule has 1 aromatic heterocycles. The molecule has 0 radical (unpaired) electrons.